The van der Waals surface area contributed by atoms with Gasteiger partial charge in [0.15, 0.2) is 0 Å². The van der Waals surface area contributed by atoms with Crippen molar-refractivity contribution in [3.05, 3.63) is 18.2 Å². The number of imidazole rings is 1. The number of hydrogen-bond acceptors (Lipinski definition) is 8. The van der Waals surface area contributed by atoms with Crippen molar-refractivity contribution in [1.29, 1.82) is 0 Å². The maximum absolute atomic E-state index is 12.7. The number of aromatic amines is 1. The second kappa shape index (κ2) is 11.4. The number of rotatable bonds is 11. The van der Waals surface area contributed by atoms with Crippen LogP contribution in [-0.4, -0.2) is 79.9 Å². The van der Waals surface area contributed by atoms with Gasteiger partial charge in [-0.2, -0.15) is 12.6 Å². The summed E-state index contributed by atoms with van der Waals surface area (Å²) in [7, 11) is 0. The summed E-state index contributed by atoms with van der Waals surface area (Å²) in [6.45, 7) is 2.50. The number of aliphatic hydroxyl groups excluding tert-OH is 1. The summed E-state index contributed by atoms with van der Waals surface area (Å²) in [5.41, 5.74) is 6.15. The third-order valence-electron chi connectivity index (χ3n) is 3.94. The number of amides is 3. The quantitative estimate of drug-likeness (QED) is 0.171. The molecule has 5 atom stereocenters. The van der Waals surface area contributed by atoms with Gasteiger partial charge in [0.25, 0.3) is 0 Å². The number of carboxylic acid groups (broad SMARTS) is 1. The number of nitrogens with one attached hydrogen (secondary N) is 4. The van der Waals surface area contributed by atoms with Crippen molar-refractivity contribution in [2.24, 2.45) is 5.73 Å². The number of aliphatic hydroxyl groups is 1. The predicted octanol–water partition coefficient (Wildman–Crippen LogP) is -2.85. The first-order valence-electron chi connectivity index (χ1n) is 8.72. The van der Waals surface area contributed by atoms with E-state index in [-0.39, 0.29) is 12.2 Å². The van der Waals surface area contributed by atoms with E-state index in [2.05, 4.69) is 38.5 Å². The second-order valence-electron chi connectivity index (χ2n) is 6.43. The smallest absolute Gasteiger partial charge is 0.325 e. The van der Waals surface area contributed by atoms with E-state index in [1.807, 2.05) is 0 Å². The third kappa shape index (κ3) is 7.71. The molecule has 0 saturated heterocycles. The first kappa shape index (κ1) is 24.4. The Kier molecular flexibility index (Phi) is 9.58. The Balaban J connectivity index is 2.94. The molecule has 0 saturated carbocycles. The largest absolute Gasteiger partial charge is 0.480 e. The number of nitrogens with two attached hydrogens (primary N) is 1. The third-order valence-corrected chi connectivity index (χ3v) is 4.33. The minimum absolute atomic E-state index is 0.0105. The van der Waals surface area contributed by atoms with Crippen LogP contribution in [0.15, 0.2) is 12.5 Å². The molecule has 1 rings (SSSR count). The van der Waals surface area contributed by atoms with Gasteiger partial charge in [-0.3, -0.25) is 19.2 Å². The van der Waals surface area contributed by atoms with Crippen LogP contribution < -0.4 is 21.7 Å². The fraction of sp³-hybridized carbons (Fsp3) is 0.562. The maximum Gasteiger partial charge on any atom is 0.325 e. The predicted molar refractivity (Wildman–Crippen MR) is 105 cm³/mol. The van der Waals surface area contributed by atoms with Gasteiger partial charge in [0.2, 0.25) is 17.7 Å². The van der Waals surface area contributed by atoms with Crippen molar-refractivity contribution in [2.45, 2.75) is 50.5 Å². The zero-order chi connectivity index (χ0) is 22.1. The van der Waals surface area contributed by atoms with Crippen LogP contribution in [0.25, 0.3) is 0 Å². The lowest BCUT2D eigenvalue weighted by molar-refractivity contribution is -0.142. The highest BCUT2D eigenvalue weighted by Crippen LogP contribution is 2.03. The molecule has 162 valence electrons. The van der Waals surface area contributed by atoms with Gasteiger partial charge in [-0.15, -0.1) is 0 Å². The van der Waals surface area contributed by atoms with Crippen LogP contribution in [0.2, 0.25) is 0 Å². The summed E-state index contributed by atoms with van der Waals surface area (Å²) in [6.07, 6.45) is 1.53. The first-order chi connectivity index (χ1) is 13.6. The number of hydrogen-bond donors (Lipinski definition) is 8. The van der Waals surface area contributed by atoms with E-state index in [0.29, 0.717) is 5.69 Å². The minimum atomic E-state index is -1.44. The molecule has 3 amide bonds. The van der Waals surface area contributed by atoms with Crippen molar-refractivity contribution in [1.82, 2.24) is 25.9 Å². The zero-order valence-corrected chi connectivity index (χ0v) is 16.8. The Bertz CT molecular complexity index is 713. The Hall–Kier alpha value is -2.64. The molecule has 0 aliphatic rings. The standard InChI is InChI=1S/C16H26N6O6S/c1-7(16(27)28)20-15(26)12(8(2)23)22-14(25)11(3-9-4-18-6-19-9)21-13(24)10(17)5-29/h4,6-8,10-12,23,29H,3,5,17H2,1-2H3,(H,18,19)(H,20,26)(H,21,24)(H,22,25)(H,27,28). The van der Waals surface area contributed by atoms with Crippen LogP contribution in [0.3, 0.4) is 0 Å². The zero-order valence-electron chi connectivity index (χ0n) is 16.0. The topological polar surface area (TPSA) is 200 Å². The lowest BCUT2D eigenvalue weighted by Crippen LogP contribution is -2.60. The number of H-pyrrole nitrogens is 1. The summed E-state index contributed by atoms with van der Waals surface area (Å²) in [5.74, 6) is -3.52. The van der Waals surface area contributed by atoms with Gasteiger partial charge >= 0.3 is 5.97 Å². The molecule has 0 bridgehead atoms. The van der Waals surface area contributed by atoms with Crippen molar-refractivity contribution >= 4 is 36.3 Å². The first-order valence-corrected chi connectivity index (χ1v) is 9.35. The Morgan fingerprint density at radius 3 is 2.31 bits per heavy atom. The van der Waals surface area contributed by atoms with E-state index in [4.69, 9.17) is 10.8 Å². The van der Waals surface area contributed by atoms with E-state index in [1.54, 1.807) is 0 Å². The molecule has 8 N–H and O–H groups in total. The molecular weight excluding hydrogens is 404 g/mol. The average Bonchev–Trinajstić information content (AvgIpc) is 3.16. The van der Waals surface area contributed by atoms with Crippen LogP contribution in [-0.2, 0) is 25.6 Å². The number of carbonyl (C=O) groups excluding carboxylic acids is 3. The lowest BCUT2D eigenvalue weighted by Gasteiger charge is -2.25. The number of aliphatic carboxylic acids is 1. The summed E-state index contributed by atoms with van der Waals surface area (Å²) in [4.78, 5) is 54.6. The normalized spacial score (nSPS) is 16.0. The van der Waals surface area contributed by atoms with Gasteiger partial charge in [0.1, 0.15) is 18.1 Å². The SMILES string of the molecule is CC(NC(=O)C(NC(=O)C(Cc1cnc[nH]1)NC(=O)C(N)CS)C(C)O)C(=O)O. The van der Waals surface area contributed by atoms with Gasteiger partial charge in [-0.25, -0.2) is 4.98 Å². The van der Waals surface area contributed by atoms with E-state index in [0.717, 1.165) is 0 Å². The number of nitrogens with zero attached hydrogens (tertiary/aromatic N) is 1. The van der Waals surface area contributed by atoms with E-state index >= 15 is 0 Å². The summed E-state index contributed by atoms with van der Waals surface area (Å²) >= 11 is 3.94. The van der Waals surface area contributed by atoms with Gasteiger partial charge in [0.05, 0.1) is 18.5 Å². The van der Waals surface area contributed by atoms with Crippen LogP contribution >= 0.6 is 12.6 Å². The average molecular weight is 430 g/mol. The summed E-state index contributed by atoms with van der Waals surface area (Å²) in [5, 5.41) is 25.7. The van der Waals surface area contributed by atoms with Gasteiger partial charge in [0, 0.05) is 24.1 Å². The molecule has 0 spiro atoms. The highest BCUT2D eigenvalue weighted by molar-refractivity contribution is 7.80. The van der Waals surface area contributed by atoms with Crippen LogP contribution in [0.1, 0.15) is 19.5 Å². The molecule has 12 nitrogen and oxygen atoms in total. The monoisotopic (exact) mass is 430 g/mol. The molecule has 29 heavy (non-hydrogen) atoms. The van der Waals surface area contributed by atoms with E-state index in [1.165, 1.54) is 26.4 Å². The van der Waals surface area contributed by atoms with E-state index in [9.17, 15) is 24.3 Å². The summed E-state index contributed by atoms with van der Waals surface area (Å²) in [6, 6.07) is -4.76. The minimum Gasteiger partial charge on any atom is -0.480 e. The molecule has 0 radical (unpaired) electrons. The molecule has 1 aromatic heterocycles. The van der Waals surface area contributed by atoms with Crippen molar-refractivity contribution in [3.63, 3.8) is 0 Å². The van der Waals surface area contributed by atoms with E-state index < -0.39 is 54.0 Å². The number of thiol groups is 1. The highest BCUT2D eigenvalue weighted by Gasteiger charge is 2.32. The molecule has 0 aliphatic carbocycles. The molecule has 1 aromatic rings. The van der Waals surface area contributed by atoms with Gasteiger partial charge in [-0.05, 0) is 13.8 Å². The maximum atomic E-state index is 12.7. The van der Waals surface area contributed by atoms with Crippen molar-refractivity contribution in [2.75, 3.05) is 5.75 Å². The lowest BCUT2D eigenvalue weighted by atomic mass is 10.1. The number of carboxylic acids is 1. The fourth-order valence-corrected chi connectivity index (χ4v) is 2.38. The van der Waals surface area contributed by atoms with Crippen LogP contribution in [0.4, 0.5) is 0 Å². The Labute approximate surface area is 172 Å². The molecule has 0 aromatic carbocycles. The summed E-state index contributed by atoms with van der Waals surface area (Å²) < 4.78 is 0. The van der Waals surface area contributed by atoms with Crippen molar-refractivity contribution < 1.29 is 29.4 Å². The molecule has 13 heteroatoms. The second-order valence-corrected chi connectivity index (χ2v) is 6.79. The van der Waals surface area contributed by atoms with Crippen molar-refractivity contribution in [3.8, 4) is 0 Å². The number of carbonyl (C=O) groups is 4. The van der Waals surface area contributed by atoms with Gasteiger partial charge in [-0.1, -0.05) is 0 Å². The van der Waals surface area contributed by atoms with Crippen LogP contribution in [0.5, 0.6) is 0 Å². The molecule has 1 heterocycles. The Morgan fingerprint density at radius 2 is 1.83 bits per heavy atom. The fourth-order valence-electron chi connectivity index (χ4n) is 2.21. The van der Waals surface area contributed by atoms with Crippen LogP contribution in [0, 0.1) is 0 Å². The Morgan fingerprint density at radius 1 is 1.17 bits per heavy atom. The highest BCUT2D eigenvalue weighted by atomic mass is 32.1. The van der Waals surface area contributed by atoms with Gasteiger partial charge < -0.3 is 36.9 Å². The number of aromatic nitrogens is 2. The molecule has 5 unspecified atom stereocenters. The molecule has 0 aliphatic heterocycles. The molecular formula is C16H26N6O6S. The molecule has 0 fully saturated rings.